The number of hydrogen-bond donors (Lipinski definition) is 1. The third kappa shape index (κ3) is 1.19. The number of rotatable bonds is 1. The molecular weight excluding hydrogens is 120 g/mol. The van der Waals surface area contributed by atoms with E-state index < -0.39 is 11.9 Å². The summed E-state index contributed by atoms with van der Waals surface area (Å²) >= 11 is 0. The molecule has 0 spiro atoms. The molecule has 2 radical (unpaired) electrons. The molecule has 0 aliphatic carbocycles. The van der Waals surface area contributed by atoms with Gasteiger partial charge in [-0.25, -0.2) is 0 Å². The van der Waals surface area contributed by atoms with Crippen LogP contribution in [0.15, 0.2) is 0 Å². The van der Waals surface area contributed by atoms with Crippen molar-refractivity contribution in [2.45, 2.75) is 18.9 Å². The molecule has 1 fully saturated rings. The summed E-state index contributed by atoms with van der Waals surface area (Å²) < 4.78 is 0. The van der Waals surface area contributed by atoms with Gasteiger partial charge in [0.15, 0.2) is 0 Å². The largest absolute Gasteiger partial charge is 0.344 e. The van der Waals surface area contributed by atoms with E-state index in [0.29, 0.717) is 12.8 Å². The highest BCUT2D eigenvalue weighted by Gasteiger charge is 2.25. The van der Waals surface area contributed by atoms with Crippen LogP contribution in [0.2, 0.25) is 0 Å². The minimum Gasteiger partial charge on any atom is -0.344 e. The van der Waals surface area contributed by atoms with E-state index in [9.17, 15) is 9.59 Å². The van der Waals surface area contributed by atoms with Gasteiger partial charge in [0.2, 0.25) is 5.91 Å². The van der Waals surface area contributed by atoms with Crippen LogP contribution in [0, 0.1) is 0 Å². The van der Waals surface area contributed by atoms with Crippen LogP contribution in [0.25, 0.3) is 0 Å². The van der Waals surface area contributed by atoms with Gasteiger partial charge in [-0.05, 0) is 6.42 Å². The molecule has 0 aromatic heterocycles. The fourth-order valence-electron chi connectivity index (χ4n) is 0.799. The minimum atomic E-state index is -0.944. The maximum Gasteiger partial charge on any atom is 0.286 e. The molecule has 4 nitrogen and oxygen atoms in total. The molecular formula is C5H6N2O2. The molecule has 1 aliphatic heterocycles. The quantitative estimate of drug-likeness (QED) is 0.482. The average molecular weight is 126 g/mol. The van der Waals surface area contributed by atoms with E-state index in [1.54, 1.807) is 0 Å². The van der Waals surface area contributed by atoms with Crippen molar-refractivity contribution in [1.82, 2.24) is 11.1 Å². The highest BCUT2D eigenvalue weighted by molar-refractivity contribution is 5.89. The highest BCUT2D eigenvalue weighted by atomic mass is 16.2. The highest BCUT2D eigenvalue weighted by Crippen LogP contribution is 2.04. The zero-order valence-electron chi connectivity index (χ0n) is 4.76. The SMILES string of the molecule is [N]C(=O)C1CCC(=O)N1. The van der Waals surface area contributed by atoms with E-state index in [1.807, 2.05) is 0 Å². The zero-order valence-corrected chi connectivity index (χ0v) is 4.76. The van der Waals surface area contributed by atoms with E-state index >= 15 is 0 Å². The Bertz CT molecular complexity index is 155. The third-order valence-electron chi connectivity index (χ3n) is 1.29. The Morgan fingerprint density at radius 2 is 2.44 bits per heavy atom. The van der Waals surface area contributed by atoms with Crippen molar-refractivity contribution < 1.29 is 9.59 Å². The molecule has 2 amide bonds. The first-order valence-electron chi connectivity index (χ1n) is 2.72. The zero-order chi connectivity index (χ0) is 6.85. The van der Waals surface area contributed by atoms with Crippen molar-refractivity contribution >= 4 is 11.8 Å². The molecule has 0 aromatic rings. The topological polar surface area (TPSA) is 68.5 Å². The van der Waals surface area contributed by atoms with E-state index in [1.165, 1.54) is 0 Å². The number of nitrogens with one attached hydrogen (secondary N) is 1. The van der Waals surface area contributed by atoms with E-state index in [0.717, 1.165) is 0 Å². The minimum absolute atomic E-state index is 0.164. The summed E-state index contributed by atoms with van der Waals surface area (Å²) in [5, 5.41) is 2.31. The predicted molar refractivity (Wildman–Crippen MR) is 28.3 cm³/mol. The molecule has 1 unspecified atom stereocenters. The lowest BCUT2D eigenvalue weighted by Crippen LogP contribution is -2.33. The number of hydrogen-bond acceptors (Lipinski definition) is 2. The van der Waals surface area contributed by atoms with E-state index in [4.69, 9.17) is 5.73 Å². The Hall–Kier alpha value is -1.06. The van der Waals surface area contributed by atoms with Crippen molar-refractivity contribution in [2.75, 3.05) is 0 Å². The van der Waals surface area contributed by atoms with Crippen molar-refractivity contribution in [3.05, 3.63) is 0 Å². The Morgan fingerprint density at radius 3 is 2.67 bits per heavy atom. The predicted octanol–water partition coefficient (Wildman–Crippen LogP) is -1.14. The first-order valence-corrected chi connectivity index (χ1v) is 2.72. The second-order valence-electron chi connectivity index (χ2n) is 2.00. The van der Waals surface area contributed by atoms with E-state index in [-0.39, 0.29) is 5.91 Å². The van der Waals surface area contributed by atoms with Gasteiger partial charge in [-0.1, -0.05) is 0 Å². The van der Waals surface area contributed by atoms with Crippen LogP contribution in [0.1, 0.15) is 12.8 Å². The van der Waals surface area contributed by atoms with Gasteiger partial charge in [-0.2, -0.15) is 0 Å². The van der Waals surface area contributed by atoms with Crippen LogP contribution >= 0.6 is 0 Å². The summed E-state index contributed by atoms with van der Waals surface area (Å²) in [5.41, 5.74) is 8.32. The van der Waals surface area contributed by atoms with Crippen LogP contribution in [0.4, 0.5) is 0 Å². The molecule has 4 heteroatoms. The van der Waals surface area contributed by atoms with Crippen LogP contribution in [-0.2, 0) is 9.59 Å². The molecule has 1 aliphatic rings. The standard InChI is InChI=1S/C5H6N2O2/c6-5(9)3-1-2-4(8)7-3/h3H,1-2H2,(H,7,8). The van der Waals surface area contributed by atoms with Crippen LogP contribution in [-0.4, -0.2) is 17.9 Å². The summed E-state index contributed by atoms with van der Waals surface area (Å²) in [4.78, 5) is 20.5. The molecule has 0 bridgehead atoms. The Kier molecular flexibility index (Phi) is 1.38. The summed E-state index contributed by atoms with van der Waals surface area (Å²) in [5.74, 6) is -1.11. The summed E-state index contributed by atoms with van der Waals surface area (Å²) in [6.07, 6.45) is 0.769. The van der Waals surface area contributed by atoms with Crippen molar-refractivity contribution in [2.24, 2.45) is 0 Å². The number of amides is 2. The number of nitrogens with zero attached hydrogens (tertiary/aromatic N) is 1. The maximum atomic E-state index is 10.4. The summed E-state index contributed by atoms with van der Waals surface area (Å²) in [7, 11) is 0. The lowest BCUT2D eigenvalue weighted by molar-refractivity contribution is -0.124. The lowest BCUT2D eigenvalue weighted by atomic mass is 10.2. The second-order valence-corrected chi connectivity index (χ2v) is 2.00. The van der Waals surface area contributed by atoms with Gasteiger partial charge in [0.25, 0.3) is 5.91 Å². The number of carbonyl (C=O) groups excluding carboxylic acids is 2. The Labute approximate surface area is 52.4 Å². The maximum absolute atomic E-state index is 10.4. The normalized spacial score (nSPS) is 25.8. The van der Waals surface area contributed by atoms with Gasteiger partial charge >= 0.3 is 0 Å². The molecule has 48 valence electrons. The molecule has 1 atom stereocenters. The smallest absolute Gasteiger partial charge is 0.286 e. The summed E-state index contributed by atoms with van der Waals surface area (Å²) in [6.45, 7) is 0. The van der Waals surface area contributed by atoms with Gasteiger partial charge < -0.3 is 5.32 Å². The monoisotopic (exact) mass is 126 g/mol. The van der Waals surface area contributed by atoms with Crippen LogP contribution in [0.3, 0.4) is 0 Å². The van der Waals surface area contributed by atoms with Gasteiger partial charge in [0, 0.05) is 6.42 Å². The molecule has 0 aromatic carbocycles. The van der Waals surface area contributed by atoms with Gasteiger partial charge in [0.05, 0.1) is 0 Å². The molecule has 9 heavy (non-hydrogen) atoms. The average Bonchev–Trinajstić information content (AvgIpc) is 2.14. The lowest BCUT2D eigenvalue weighted by Gasteiger charge is -1.98. The van der Waals surface area contributed by atoms with Gasteiger partial charge in [-0.3, -0.25) is 9.59 Å². The van der Waals surface area contributed by atoms with Crippen molar-refractivity contribution in [3.8, 4) is 0 Å². The van der Waals surface area contributed by atoms with Gasteiger partial charge in [-0.15, -0.1) is 5.73 Å². The van der Waals surface area contributed by atoms with Crippen LogP contribution < -0.4 is 11.1 Å². The second kappa shape index (κ2) is 2.05. The molecule has 1 N–H and O–H groups in total. The van der Waals surface area contributed by atoms with Crippen LogP contribution in [0.5, 0.6) is 0 Å². The molecule has 1 heterocycles. The van der Waals surface area contributed by atoms with Crippen molar-refractivity contribution in [3.63, 3.8) is 0 Å². The fourth-order valence-corrected chi connectivity index (χ4v) is 0.799. The summed E-state index contributed by atoms with van der Waals surface area (Å²) in [6, 6.07) is -0.641. The first kappa shape index (κ1) is 6.07. The molecule has 1 saturated heterocycles. The number of carbonyl (C=O) groups is 2. The van der Waals surface area contributed by atoms with E-state index in [2.05, 4.69) is 5.32 Å². The third-order valence-corrected chi connectivity index (χ3v) is 1.29. The Morgan fingerprint density at radius 1 is 1.78 bits per heavy atom. The van der Waals surface area contributed by atoms with Crippen molar-refractivity contribution in [1.29, 1.82) is 0 Å². The molecule has 1 rings (SSSR count). The fraction of sp³-hybridized carbons (Fsp3) is 0.600. The Balaban J connectivity index is 2.48. The molecule has 0 saturated carbocycles. The van der Waals surface area contributed by atoms with Gasteiger partial charge in [0.1, 0.15) is 6.04 Å². The first-order chi connectivity index (χ1) is 4.20.